The molecule has 0 aliphatic carbocycles. The molecule has 2 fully saturated rings. The molecular formula is C21H24FN3O. The van der Waals surface area contributed by atoms with Crippen molar-refractivity contribution in [2.75, 3.05) is 13.1 Å². The van der Waals surface area contributed by atoms with Crippen LogP contribution in [0.25, 0.3) is 0 Å². The molecule has 0 radical (unpaired) electrons. The topological polar surface area (TPSA) is 36.4 Å². The molecule has 2 aliphatic rings. The minimum atomic E-state index is -0.191. The highest BCUT2D eigenvalue weighted by Gasteiger charge is 2.39. The summed E-state index contributed by atoms with van der Waals surface area (Å²) in [6, 6.07) is 12.9. The van der Waals surface area contributed by atoms with Gasteiger partial charge in [-0.25, -0.2) is 4.39 Å². The van der Waals surface area contributed by atoms with E-state index in [1.54, 1.807) is 6.20 Å². The van der Waals surface area contributed by atoms with Gasteiger partial charge in [-0.15, -0.1) is 0 Å². The van der Waals surface area contributed by atoms with Crippen LogP contribution < -0.4 is 0 Å². The lowest BCUT2D eigenvalue weighted by molar-refractivity contribution is -0.142. The first-order chi connectivity index (χ1) is 12.7. The average molecular weight is 353 g/mol. The van der Waals surface area contributed by atoms with E-state index in [9.17, 15) is 9.18 Å². The van der Waals surface area contributed by atoms with Gasteiger partial charge in [-0.05, 0) is 48.6 Å². The van der Waals surface area contributed by atoms with E-state index in [4.69, 9.17) is 0 Å². The molecule has 3 heterocycles. The lowest BCUT2D eigenvalue weighted by atomic mass is 9.83. The smallest absolute Gasteiger partial charge is 0.223 e. The van der Waals surface area contributed by atoms with Gasteiger partial charge in [0.05, 0.1) is 12.2 Å². The number of carbonyl (C=O) groups is 1. The Morgan fingerprint density at radius 2 is 1.92 bits per heavy atom. The molecule has 26 heavy (non-hydrogen) atoms. The van der Waals surface area contributed by atoms with Gasteiger partial charge < -0.3 is 4.90 Å². The number of nitrogens with zero attached hydrogens (tertiary/aromatic N) is 3. The Hall–Kier alpha value is -2.27. The number of carbonyl (C=O) groups excluding carboxylic acids is 1. The van der Waals surface area contributed by atoms with Crippen molar-refractivity contribution in [3.05, 3.63) is 65.7 Å². The van der Waals surface area contributed by atoms with Crippen molar-refractivity contribution in [3.63, 3.8) is 0 Å². The van der Waals surface area contributed by atoms with Crippen molar-refractivity contribution in [1.29, 1.82) is 0 Å². The van der Waals surface area contributed by atoms with Crippen molar-refractivity contribution < 1.29 is 9.18 Å². The molecule has 4 rings (SSSR count). The van der Waals surface area contributed by atoms with Gasteiger partial charge in [0.15, 0.2) is 0 Å². The van der Waals surface area contributed by atoms with E-state index >= 15 is 0 Å². The summed E-state index contributed by atoms with van der Waals surface area (Å²) in [6.45, 7) is 3.41. The minimum Gasteiger partial charge on any atom is -0.333 e. The zero-order valence-corrected chi connectivity index (χ0v) is 14.9. The number of aromatic nitrogens is 1. The maximum Gasteiger partial charge on any atom is 0.223 e. The number of hydrogen-bond acceptors (Lipinski definition) is 3. The first kappa shape index (κ1) is 17.2. The molecule has 5 heteroatoms. The molecule has 0 bridgehead atoms. The number of hydrogen-bond donors (Lipinski definition) is 0. The summed E-state index contributed by atoms with van der Waals surface area (Å²) in [5, 5.41) is 0. The summed E-state index contributed by atoms with van der Waals surface area (Å²) in [7, 11) is 0. The van der Waals surface area contributed by atoms with Gasteiger partial charge in [-0.3, -0.25) is 14.7 Å². The molecule has 4 nitrogen and oxygen atoms in total. The molecule has 2 aromatic rings. The summed E-state index contributed by atoms with van der Waals surface area (Å²) in [6.07, 6.45) is 4.36. The van der Waals surface area contributed by atoms with Crippen LogP contribution in [0.5, 0.6) is 0 Å². The third kappa shape index (κ3) is 3.78. The predicted molar refractivity (Wildman–Crippen MR) is 97.6 cm³/mol. The van der Waals surface area contributed by atoms with Gasteiger partial charge >= 0.3 is 0 Å². The second kappa shape index (κ2) is 7.54. The van der Waals surface area contributed by atoms with Crippen LogP contribution in [-0.4, -0.2) is 39.8 Å². The maximum absolute atomic E-state index is 13.1. The molecule has 1 aromatic heterocycles. The predicted octanol–water partition coefficient (Wildman–Crippen LogP) is 3.23. The van der Waals surface area contributed by atoms with Crippen LogP contribution in [0.4, 0.5) is 4.39 Å². The zero-order chi connectivity index (χ0) is 17.9. The molecule has 1 amide bonds. The molecule has 0 saturated carbocycles. The Bertz CT molecular complexity index is 750. The Morgan fingerprint density at radius 3 is 2.69 bits per heavy atom. The van der Waals surface area contributed by atoms with E-state index in [2.05, 4.69) is 9.88 Å². The molecule has 0 N–H and O–H groups in total. The second-order valence-electron chi connectivity index (χ2n) is 7.36. The Labute approximate surface area is 153 Å². The van der Waals surface area contributed by atoms with Crippen LogP contribution in [0.2, 0.25) is 0 Å². The van der Waals surface area contributed by atoms with Crippen LogP contribution >= 0.6 is 0 Å². The third-order valence-corrected chi connectivity index (χ3v) is 5.61. The summed E-state index contributed by atoms with van der Waals surface area (Å²) in [5.74, 6) is 0.568. The van der Waals surface area contributed by atoms with E-state index in [1.807, 2.05) is 35.2 Å². The molecular weight excluding hydrogens is 329 g/mol. The number of benzene rings is 1. The van der Waals surface area contributed by atoms with Crippen molar-refractivity contribution >= 4 is 5.91 Å². The van der Waals surface area contributed by atoms with Gasteiger partial charge in [-0.1, -0.05) is 18.2 Å². The fourth-order valence-corrected chi connectivity index (χ4v) is 4.29. The quantitative estimate of drug-likeness (QED) is 0.847. The number of likely N-dealkylation sites (tertiary alicyclic amines) is 2. The summed E-state index contributed by atoms with van der Waals surface area (Å²) in [4.78, 5) is 21.4. The molecule has 2 atom stereocenters. The number of amides is 1. The number of halogens is 1. The van der Waals surface area contributed by atoms with Crippen LogP contribution in [0.1, 0.15) is 30.5 Å². The Kier molecular flexibility index (Phi) is 4.98. The molecule has 1 aromatic carbocycles. The number of fused-ring (bicyclic) bond motifs is 1. The van der Waals surface area contributed by atoms with Crippen molar-refractivity contribution in [1.82, 2.24) is 14.8 Å². The highest BCUT2D eigenvalue weighted by molar-refractivity contribution is 5.77. The van der Waals surface area contributed by atoms with Crippen LogP contribution in [0, 0.1) is 11.7 Å². The minimum absolute atomic E-state index is 0.191. The van der Waals surface area contributed by atoms with E-state index in [0.717, 1.165) is 43.7 Å². The van der Waals surface area contributed by atoms with E-state index in [-0.39, 0.29) is 11.7 Å². The normalized spacial score (nSPS) is 23.7. The highest BCUT2D eigenvalue weighted by atomic mass is 19.1. The second-order valence-corrected chi connectivity index (χ2v) is 7.36. The first-order valence-electron chi connectivity index (χ1n) is 9.35. The summed E-state index contributed by atoms with van der Waals surface area (Å²) >= 11 is 0. The maximum atomic E-state index is 13.1. The fraction of sp³-hybridized carbons (Fsp3) is 0.429. The fourth-order valence-electron chi connectivity index (χ4n) is 4.29. The van der Waals surface area contributed by atoms with Gasteiger partial charge in [0.1, 0.15) is 5.82 Å². The lowest BCUT2D eigenvalue weighted by Crippen LogP contribution is -2.55. The molecule has 0 spiro atoms. The van der Waals surface area contributed by atoms with Crippen LogP contribution in [0.3, 0.4) is 0 Å². The number of pyridine rings is 1. The molecule has 136 valence electrons. The third-order valence-electron chi connectivity index (χ3n) is 5.61. The molecule has 2 aliphatic heterocycles. The molecule has 0 unspecified atom stereocenters. The average Bonchev–Trinajstić information content (AvgIpc) is 2.67. The van der Waals surface area contributed by atoms with Crippen molar-refractivity contribution in [3.8, 4) is 0 Å². The highest BCUT2D eigenvalue weighted by Crippen LogP contribution is 2.32. The van der Waals surface area contributed by atoms with Crippen molar-refractivity contribution in [2.45, 2.75) is 38.4 Å². The zero-order valence-electron chi connectivity index (χ0n) is 14.9. The van der Waals surface area contributed by atoms with E-state index < -0.39 is 0 Å². The lowest BCUT2D eigenvalue weighted by Gasteiger charge is -2.47. The molecule has 2 saturated heterocycles. The SMILES string of the molecule is O=C1CC[C@@H]2CN(Cc3ccc(F)cc3)CC[C@@H]2N1Cc1ccccn1. The first-order valence-corrected chi connectivity index (χ1v) is 9.35. The van der Waals surface area contributed by atoms with Crippen molar-refractivity contribution in [2.24, 2.45) is 5.92 Å². The van der Waals surface area contributed by atoms with Gasteiger partial charge in [-0.2, -0.15) is 0 Å². The van der Waals surface area contributed by atoms with E-state index in [1.165, 1.54) is 12.1 Å². The van der Waals surface area contributed by atoms with E-state index in [0.29, 0.717) is 24.9 Å². The monoisotopic (exact) mass is 353 g/mol. The Balaban J connectivity index is 1.41. The van der Waals surface area contributed by atoms with Gasteiger partial charge in [0, 0.05) is 38.3 Å². The van der Waals surface area contributed by atoms with Crippen LogP contribution in [0.15, 0.2) is 48.7 Å². The van der Waals surface area contributed by atoms with Crippen LogP contribution in [-0.2, 0) is 17.9 Å². The number of rotatable bonds is 4. The largest absolute Gasteiger partial charge is 0.333 e. The standard InChI is InChI=1S/C21H24FN3O/c22-18-7-4-16(5-8-18)13-24-12-10-20-17(14-24)6-9-21(26)25(20)15-19-3-1-2-11-23-19/h1-5,7-8,11,17,20H,6,9-10,12-15H2/t17-,20+/m1/s1. The van der Waals surface area contributed by atoms with Gasteiger partial charge in [0.2, 0.25) is 5.91 Å². The Morgan fingerprint density at radius 1 is 1.08 bits per heavy atom. The summed E-state index contributed by atoms with van der Waals surface area (Å²) in [5.41, 5.74) is 2.09. The number of piperidine rings is 2. The summed E-state index contributed by atoms with van der Waals surface area (Å²) < 4.78 is 13.1. The van der Waals surface area contributed by atoms with Gasteiger partial charge in [0.25, 0.3) is 0 Å².